The lowest BCUT2D eigenvalue weighted by Gasteiger charge is -2.33. The highest BCUT2D eigenvalue weighted by Crippen LogP contribution is 2.44. The number of aryl methyl sites for hydroxylation is 2. The van der Waals surface area contributed by atoms with Crippen molar-refractivity contribution in [3.63, 3.8) is 0 Å². The van der Waals surface area contributed by atoms with E-state index in [1.54, 1.807) is 30.3 Å². The van der Waals surface area contributed by atoms with Gasteiger partial charge in [0, 0.05) is 18.2 Å². The van der Waals surface area contributed by atoms with Gasteiger partial charge in [-0.3, -0.25) is 4.79 Å². The molecule has 4 rings (SSSR count). The molecule has 0 unspecified atom stereocenters. The van der Waals surface area contributed by atoms with Crippen LogP contribution < -0.4 is 20.1 Å². The number of halogens is 3. The molecule has 0 fully saturated rings. The molecule has 1 aromatic heterocycles. The zero-order valence-electron chi connectivity index (χ0n) is 19.2. The number of hydrogen-bond donors (Lipinski definition) is 2. The van der Waals surface area contributed by atoms with E-state index in [1.165, 1.54) is 20.3 Å². The molecule has 0 radical (unpaired) electrons. The molecule has 180 valence electrons. The third-order valence-electron chi connectivity index (χ3n) is 6.00. The number of nitrogens with one attached hydrogen (secondary N) is 2. The second-order valence-corrected chi connectivity index (χ2v) is 8.22. The Hall–Kier alpha value is -3.69. The average molecular weight is 474 g/mol. The third kappa shape index (κ3) is 4.52. The smallest absolute Gasteiger partial charge is 0.410 e. The molecule has 2 aromatic carbocycles. The summed E-state index contributed by atoms with van der Waals surface area (Å²) in [5, 5.41) is 9.79. The first-order valence-electron chi connectivity index (χ1n) is 10.6. The van der Waals surface area contributed by atoms with Crippen LogP contribution in [0.15, 0.2) is 42.5 Å². The maximum absolute atomic E-state index is 14.0. The highest BCUT2D eigenvalue weighted by Gasteiger charge is 2.47. The van der Waals surface area contributed by atoms with Gasteiger partial charge in [-0.05, 0) is 54.8 Å². The Kier molecular flexibility index (Phi) is 6.16. The molecule has 2 N–H and O–H groups in total. The maximum Gasteiger partial charge on any atom is 0.410 e. The zero-order valence-corrected chi connectivity index (χ0v) is 19.2. The molecule has 1 aliphatic rings. The van der Waals surface area contributed by atoms with Crippen molar-refractivity contribution in [3.8, 4) is 11.5 Å². The molecule has 7 nitrogen and oxygen atoms in total. The molecule has 10 heteroatoms. The third-order valence-corrected chi connectivity index (χ3v) is 6.00. The first kappa shape index (κ1) is 23.5. The van der Waals surface area contributed by atoms with Gasteiger partial charge in [0.05, 0.1) is 20.3 Å². The molecule has 1 aliphatic heterocycles. The second kappa shape index (κ2) is 8.92. The lowest BCUT2D eigenvalue weighted by Crippen LogP contribution is -2.35. The Balaban J connectivity index is 1.64. The van der Waals surface area contributed by atoms with Crippen LogP contribution in [-0.4, -0.2) is 36.1 Å². The summed E-state index contributed by atoms with van der Waals surface area (Å²) in [5.74, 6) is 0.414. The fraction of sp³-hybridized carbons (Fsp3) is 0.333. The van der Waals surface area contributed by atoms with Gasteiger partial charge >= 0.3 is 6.18 Å². The van der Waals surface area contributed by atoms with Gasteiger partial charge in [-0.1, -0.05) is 12.1 Å². The molecule has 0 saturated heterocycles. The number of ether oxygens (including phenoxy) is 2. The normalized spacial score (nSPS) is 17.5. The van der Waals surface area contributed by atoms with E-state index in [0.29, 0.717) is 22.7 Å². The van der Waals surface area contributed by atoms with Gasteiger partial charge in [-0.15, -0.1) is 0 Å². The average Bonchev–Trinajstić information content (AvgIpc) is 3.24. The summed E-state index contributed by atoms with van der Waals surface area (Å²) < 4.78 is 53.3. The van der Waals surface area contributed by atoms with Gasteiger partial charge in [-0.25, -0.2) is 4.68 Å². The molecule has 2 heterocycles. The lowest BCUT2D eigenvalue weighted by molar-refractivity contribution is -0.173. The van der Waals surface area contributed by atoms with Gasteiger partial charge < -0.3 is 20.1 Å². The summed E-state index contributed by atoms with van der Waals surface area (Å²) in [4.78, 5) is 12.8. The number of amides is 1. The number of carbonyl (C=O) groups is 1. The quantitative estimate of drug-likeness (QED) is 0.516. The minimum absolute atomic E-state index is 0.108. The summed E-state index contributed by atoms with van der Waals surface area (Å²) in [6.45, 7) is 3.86. The number of fused-ring (bicyclic) bond motifs is 1. The van der Waals surface area contributed by atoms with Crippen molar-refractivity contribution in [2.75, 3.05) is 24.9 Å². The van der Waals surface area contributed by atoms with Crippen molar-refractivity contribution in [1.29, 1.82) is 0 Å². The number of carbonyl (C=O) groups excluding carboxylic acids is 1. The van der Waals surface area contributed by atoms with E-state index in [-0.39, 0.29) is 17.9 Å². The Morgan fingerprint density at radius 1 is 1.06 bits per heavy atom. The highest BCUT2D eigenvalue weighted by atomic mass is 19.4. The van der Waals surface area contributed by atoms with Gasteiger partial charge in [0.2, 0.25) is 0 Å². The SMILES string of the molecule is COc1ccc([C@@H]2C[C@@H](C(F)(F)F)n3nc(C(=O)Nc4ccc(C)c(C)c4)cc3N2)cc1OC. The van der Waals surface area contributed by atoms with Crippen LogP contribution >= 0.6 is 0 Å². The Bertz CT molecular complexity index is 1220. The molecule has 34 heavy (non-hydrogen) atoms. The molecule has 3 aromatic rings. The Morgan fingerprint density at radius 3 is 2.44 bits per heavy atom. The van der Waals surface area contributed by atoms with Crippen molar-refractivity contribution >= 4 is 17.4 Å². The zero-order chi connectivity index (χ0) is 24.6. The van der Waals surface area contributed by atoms with Crippen LogP contribution in [0, 0.1) is 13.8 Å². The minimum atomic E-state index is -4.56. The molecule has 2 atom stereocenters. The van der Waals surface area contributed by atoms with Crippen LogP contribution in [0.25, 0.3) is 0 Å². The summed E-state index contributed by atoms with van der Waals surface area (Å²) in [7, 11) is 2.95. The summed E-state index contributed by atoms with van der Waals surface area (Å²) in [6.07, 6.45) is -4.86. The van der Waals surface area contributed by atoms with E-state index >= 15 is 0 Å². The van der Waals surface area contributed by atoms with Gasteiger partial charge in [0.15, 0.2) is 23.2 Å². The molecule has 0 spiro atoms. The number of anilines is 2. The first-order chi connectivity index (χ1) is 16.1. The van der Waals surface area contributed by atoms with Crippen LogP contribution in [0.3, 0.4) is 0 Å². The van der Waals surface area contributed by atoms with E-state index in [4.69, 9.17) is 9.47 Å². The number of benzene rings is 2. The largest absolute Gasteiger partial charge is 0.493 e. The van der Waals surface area contributed by atoms with E-state index < -0.39 is 24.2 Å². The Labute approximate surface area is 194 Å². The van der Waals surface area contributed by atoms with Crippen LogP contribution in [0.4, 0.5) is 24.7 Å². The minimum Gasteiger partial charge on any atom is -0.493 e. The molecular formula is C24H25F3N4O3. The fourth-order valence-corrected chi connectivity index (χ4v) is 3.99. The van der Waals surface area contributed by atoms with Crippen LogP contribution in [-0.2, 0) is 0 Å². The number of nitrogens with zero attached hydrogens (tertiary/aromatic N) is 2. The molecule has 0 aliphatic carbocycles. The molecule has 0 bridgehead atoms. The fourth-order valence-electron chi connectivity index (χ4n) is 3.99. The van der Waals surface area contributed by atoms with E-state index in [1.807, 2.05) is 19.9 Å². The summed E-state index contributed by atoms with van der Waals surface area (Å²) >= 11 is 0. The summed E-state index contributed by atoms with van der Waals surface area (Å²) in [5.41, 5.74) is 3.08. The predicted molar refractivity (Wildman–Crippen MR) is 122 cm³/mol. The van der Waals surface area contributed by atoms with Crippen LogP contribution in [0.5, 0.6) is 11.5 Å². The van der Waals surface area contributed by atoms with E-state index in [9.17, 15) is 18.0 Å². The topological polar surface area (TPSA) is 77.4 Å². The maximum atomic E-state index is 14.0. The second-order valence-electron chi connectivity index (χ2n) is 8.22. The van der Waals surface area contributed by atoms with E-state index in [0.717, 1.165) is 15.8 Å². The monoisotopic (exact) mass is 474 g/mol. The number of alkyl halides is 3. The lowest BCUT2D eigenvalue weighted by atomic mass is 9.96. The van der Waals surface area contributed by atoms with Crippen molar-refractivity contribution < 1.29 is 27.4 Å². The standard InChI is InChI=1S/C24H25F3N4O3/c1-13-5-7-16(9-14(13)2)28-23(32)18-12-22-29-17(11-21(24(25,26)27)31(22)30-18)15-6-8-19(33-3)20(10-15)34-4/h5-10,12,17,21,29H,11H2,1-4H3,(H,28,32)/t17-,21-/m0/s1. The predicted octanol–water partition coefficient (Wildman–Crippen LogP) is 5.43. The van der Waals surface area contributed by atoms with E-state index in [2.05, 4.69) is 15.7 Å². The molecule has 0 saturated carbocycles. The number of rotatable bonds is 5. The van der Waals surface area contributed by atoms with Gasteiger partial charge in [0.1, 0.15) is 5.82 Å². The van der Waals surface area contributed by atoms with Gasteiger partial charge in [-0.2, -0.15) is 18.3 Å². The Morgan fingerprint density at radius 2 is 1.79 bits per heavy atom. The van der Waals surface area contributed by atoms with Crippen LogP contribution in [0.2, 0.25) is 0 Å². The highest BCUT2D eigenvalue weighted by molar-refractivity contribution is 6.03. The number of hydrogen-bond acceptors (Lipinski definition) is 5. The summed E-state index contributed by atoms with van der Waals surface area (Å²) in [6, 6.07) is 9.13. The molecule has 1 amide bonds. The van der Waals surface area contributed by atoms with Crippen LogP contribution in [0.1, 0.15) is 45.7 Å². The molecular weight excluding hydrogens is 449 g/mol. The van der Waals surface area contributed by atoms with Crippen molar-refractivity contribution in [3.05, 3.63) is 64.8 Å². The van der Waals surface area contributed by atoms with Crippen molar-refractivity contribution in [1.82, 2.24) is 9.78 Å². The first-order valence-corrected chi connectivity index (χ1v) is 10.6. The number of methoxy groups -OCH3 is 2. The van der Waals surface area contributed by atoms with Gasteiger partial charge in [0.25, 0.3) is 5.91 Å². The number of aromatic nitrogens is 2. The van der Waals surface area contributed by atoms with Crippen molar-refractivity contribution in [2.45, 2.75) is 38.5 Å². The van der Waals surface area contributed by atoms with Crippen molar-refractivity contribution in [2.24, 2.45) is 0 Å².